The zero-order valence-corrected chi connectivity index (χ0v) is 8.95. The maximum absolute atomic E-state index is 10.2. The summed E-state index contributed by atoms with van der Waals surface area (Å²) in [4.78, 5) is 10.2. The fourth-order valence-electron chi connectivity index (χ4n) is 0.581. The Balaban J connectivity index is -0.000000270. The first kappa shape index (κ1) is 17.6. The van der Waals surface area contributed by atoms with Crippen molar-refractivity contribution in [2.45, 2.75) is 0 Å². The largest absolute Gasteiger partial charge is 0.478 e. The number of aromatic carboxylic acids is 1. The van der Waals surface area contributed by atoms with Crippen molar-refractivity contribution in [3.05, 3.63) is 35.9 Å². The number of rotatable bonds is 1. The van der Waals surface area contributed by atoms with Crippen LogP contribution in [0.5, 0.6) is 0 Å². The van der Waals surface area contributed by atoms with Crippen LogP contribution in [0.1, 0.15) is 10.4 Å². The molecule has 0 aliphatic heterocycles. The van der Waals surface area contributed by atoms with Gasteiger partial charge in [-0.15, -0.1) is 0 Å². The van der Waals surface area contributed by atoms with E-state index in [-0.39, 0.29) is 41.2 Å². The van der Waals surface area contributed by atoms with Gasteiger partial charge in [0.15, 0.2) is 0 Å². The van der Waals surface area contributed by atoms with E-state index in [1.807, 2.05) is 0 Å². The van der Waals surface area contributed by atoms with Gasteiger partial charge in [0.25, 0.3) is 0 Å². The van der Waals surface area contributed by atoms with Crippen LogP contribution in [-0.2, 0) is 0 Å². The zero-order valence-electron chi connectivity index (χ0n) is 6.95. The van der Waals surface area contributed by atoms with Crippen LogP contribution in [0.4, 0.5) is 0 Å². The van der Waals surface area contributed by atoms with E-state index in [1.54, 1.807) is 30.3 Å². The first-order chi connectivity index (χ1) is 4.30. The summed E-state index contributed by atoms with van der Waals surface area (Å²) in [6.07, 6.45) is 0. The average molecular weight is 180 g/mol. The second-order valence-electron chi connectivity index (χ2n) is 1.67. The molecule has 0 unspecified atom stereocenters. The normalized spacial score (nSPS) is 6.67. The predicted molar refractivity (Wildman–Crippen MR) is 47.8 cm³/mol. The smallest absolute Gasteiger partial charge is 0.335 e. The van der Waals surface area contributed by atoms with Gasteiger partial charge in [-0.2, -0.15) is 0 Å². The fraction of sp³-hybridized carbons (Fsp3) is 0. The summed E-state index contributed by atoms with van der Waals surface area (Å²) in [5.74, 6) is -0.879. The minimum atomic E-state index is -0.879. The minimum Gasteiger partial charge on any atom is -0.478 e. The Morgan fingerprint density at radius 1 is 1.17 bits per heavy atom. The second kappa shape index (κ2) is 8.70. The molecule has 4 nitrogen and oxygen atoms in total. The van der Waals surface area contributed by atoms with E-state index in [0.717, 1.165) is 0 Å². The van der Waals surface area contributed by atoms with Gasteiger partial charge in [0.05, 0.1) is 5.56 Å². The number of benzene rings is 1. The third kappa shape index (κ3) is 5.29. The molecule has 0 fully saturated rings. The zero-order chi connectivity index (χ0) is 6.69. The van der Waals surface area contributed by atoms with E-state index < -0.39 is 5.97 Å². The van der Waals surface area contributed by atoms with Crippen LogP contribution >= 0.6 is 0 Å². The van der Waals surface area contributed by atoms with Crippen molar-refractivity contribution in [1.82, 2.24) is 6.15 Å². The Morgan fingerprint density at radius 2 is 1.58 bits per heavy atom. The quantitative estimate of drug-likeness (QED) is 0.609. The van der Waals surface area contributed by atoms with Crippen LogP contribution in [-0.4, -0.2) is 46.1 Å². The third-order valence-corrected chi connectivity index (χ3v) is 1.02. The Bertz CT molecular complexity index is 215. The Kier molecular flexibility index (Phi) is 12.8. The van der Waals surface area contributed by atoms with Crippen molar-refractivity contribution < 1.29 is 15.4 Å². The molecule has 0 atom stereocenters. The Labute approximate surface area is 92.8 Å². The maximum atomic E-state index is 10.2. The Morgan fingerprint density at radius 3 is 1.83 bits per heavy atom. The molecule has 0 aliphatic rings. The molecule has 0 saturated heterocycles. The molecule has 0 aromatic heterocycles. The molecule has 1 radical (unpaired) electrons. The summed E-state index contributed by atoms with van der Waals surface area (Å²) < 4.78 is 0. The second-order valence-corrected chi connectivity index (χ2v) is 1.67. The molecular weight excluding hydrogens is 169 g/mol. The summed E-state index contributed by atoms with van der Waals surface area (Å²) in [6.45, 7) is 0. The number of carboxylic acids is 1. The third-order valence-electron chi connectivity index (χ3n) is 1.02. The van der Waals surface area contributed by atoms with Crippen molar-refractivity contribution in [1.29, 1.82) is 0 Å². The summed E-state index contributed by atoms with van der Waals surface area (Å²) in [6, 6.07) is 8.30. The molecule has 0 spiro atoms. The van der Waals surface area contributed by atoms with E-state index in [4.69, 9.17) is 5.11 Å². The van der Waals surface area contributed by atoms with E-state index in [2.05, 4.69) is 0 Å². The average Bonchev–Trinajstić information content (AvgIpc) is 1.90. The number of carboxylic acid groups (broad SMARTS) is 1. The minimum absolute atomic E-state index is 0. The molecule has 0 amide bonds. The molecule has 6 N–H and O–H groups in total. The summed E-state index contributed by atoms with van der Waals surface area (Å²) >= 11 is 0. The van der Waals surface area contributed by atoms with Gasteiger partial charge in [-0.05, 0) is 12.1 Å². The van der Waals surface area contributed by atoms with Gasteiger partial charge in [-0.25, -0.2) is 4.79 Å². The van der Waals surface area contributed by atoms with Gasteiger partial charge >= 0.3 is 5.97 Å². The van der Waals surface area contributed by atoms with Crippen LogP contribution < -0.4 is 6.15 Å². The molecule has 5 heteroatoms. The summed E-state index contributed by atoms with van der Waals surface area (Å²) in [7, 11) is 0. The molecule has 1 rings (SSSR count). The molecule has 12 heavy (non-hydrogen) atoms. The topological polar surface area (TPSA) is 104 Å². The van der Waals surface area contributed by atoms with Gasteiger partial charge in [0.1, 0.15) is 0 Å². The number of hydrogen-bond acceptors (Lipinski definition) is 2. The maximum Gasteiger partial charge on any atom is 0.335 e. The van der Waals surface area contributed by atoms with Crippen molar-refractivity contribution >= 4 is 35.5 Å². The molecule has 0 heterocycles. The summed E-state index contributed by atoms with van der Waals surface area (Å²) in [5, 5.41) is 8.38. The molecule has 0 aliphatic carbocycles. The van der Waals surface area contributed by atoms with Gasteiger partial charge in [0, 0.05) is 29.6 Å². The van der Waals surface area contributed by atoms with Crippen LogP contribution in [0, 0.1) is 0 Å². The molecule has 1 aromatic rings. The van der Waals surface area contributed by atoms with Gasteiger partial charge in [-0.1, -0.05) is 18.2 Å². The van der Waals surface area contributed by atoms with Crippen molar-refractivity contribution in [2.24, 2.45) is 0 Å². The molecule has 0 bridgehead atoms. The van der Waals surface area contributed by atoms with Gasteiger partial charge in [0.2, 0.25) is 0 Å². The standard InChI is InChI=1S/C7H6O2.H3N.Na.H2O/c8-7(9)6-4-2-1-3-5-6;;;/h1-5H,(H,8,9);1H3;;1H2. The SMILES string of the molecule is N.O.O=C(O)c1ccccc1.[Na]. The predicted octanol–water partition coefficient (Wildman–Crippen LogP) is 0.341. The summed E-state index contributed by atoms with van der Waals surface area (Å²) in [5.41, 5.74) is 0.331. The van der Waals surface area contributed by atoms with E-state index >= 15 is 0 Å². The van der Waals surface area contributed by atoms with Crippen molar-refractivity contribution in [2.75, 3.05) is 0 Å². The van der Waals surface area contributed by atoms with Crippen LogP contribution in [0.3, 0.4) is 0 Å². The molecular formula is C7H11NNaO3. The van der Waals surface area contributed by atoms with Crippen LogP contribution in [0.2, 0.25) is 0 Å². The van der Waals surface area contributed by atoms with E-state index in [9.17, 15) is 4.79 Å². The van der Waals surface area contributed by atoms with Gasteiger partial charge < -0.3 is 16.7 Å². The first-order valence-electron chi connectivity index (χ1n) is 2.59. The van der Waals surface area contributed by atoms with Crippen molar-refractivity contribution in [3.8, 4) is 0 Å². The number of hydrogen-bond donors (Lipinski definition) is 2. The first-order valence-corrected chi connectivity index (χ1v) is 2.59. The van der Waals surface area contributed by atoms with E-state index in [1.165, 1.54) is 0 Å². The van der Waals surface area contributed by atoms with E-state index in [0.29, 0.717) is 5.56 Å². The fourth-order valence-corrected chi connectivity index (χ4v) is 0.581. The number of carbonyl (C=O) groups is 1. The monoisotopic (exact) mass is 180 g/mol. The van der Waals surface area contributed by atoms with Gasteiger partial charge in [-0.3, -0.25) is 0 Å². The van der Waals surface area contributed by atoms with Crippen LogP contribution in [0.15, 0.2) is 30.3 Å². The molecule has 0 saturated carbocycles. The van der Waals surface area contributed by atoms with Crippen molar-refractivity contribution in [3.63, 3.8) is 0 Å². The molecule has 63 valence electrons. The Hall–Kier alpha value is -0.390. The molecule has 1 aromatic carbocycles. The van der Waals surface area contributed by atoms with Crippen LogP contribution in [0.25, 0.3) is 0 Å².